The van der Waals surface area contributed by atoms with Crippen molar-refractivity contribution in [3.8, 4) is 11.5 Å². The van der Waals surface area contributed by atoms with Gasteiger partial charge in [-0.2, -0.15) is 5.10 Å². The van der Waals surface area contributed by atoms with E-state index in [4.69, 9.17) is 5.11 Å². The summed E-state index contributed by atoms with van der Waals surface area (Å²) in [5.41, 5.74) is 0.638. The lowest BCUT2D eigenvalue weighted by Crippen LogP contribution is -2.16. The molecule has 1 N–H and O–H groups in total. The number of nitrogens with zero attached hydrogens (tertiary/aromatic N) is 6. The first-order valence-electron chi connectivity index (χ1n) is 6.11. The van der Waals surface area contributed by atoms with Crippen LogP contribution >= 0.6 is 0 Å². The van der Waals surface area contributed by atoms with Crippen molar-refractivity contribution in [2.75, 3.05) is 0 Å². The normalized spacial score (nSPS) is 12.5. The smallest absolute Gasteiger partial charge is 0.305 e. The molecule has 0 fully saturated rings. The van der Waals surface area contributed by atoms with Gasteiger partial charge in [0.25, 0.3) is 0 Å². The summed E-state index contributed by atoms with van der Waals surface area (Å²) in [5, 5.41) is 24.7. The van der Waals surface area contributed by atoms with Gasteiger partial charge in [-0.1, -0.05) is 13.3 Å². The summed E-state index contributed by atoms with van der Waals surface area (Å²) in [6.45, 7) is 2.00. The van der Waals surface area contributed by atoms with Crippen molar-refractivity contribution in [3.63, 3.8) is 0 Å². The third-order valence-corrected chi connectivity index (χ3v) is 2.81. The molecule has 2 rings (SSSR count). The van der Waals surface area contributed by atoms with Crippen LogP contribution in [0, 0.1) is 0 Å². The number of carboxylic acids is 1. The van der Waals surface area contributed by atoms with Crippen molar-refractivity contribution in [1.82, 2.24) is 30.0 Å². The number of hydrogen-bond acceptors (Lipinski definition) is 5. The van der Waals surface area contributed by atoms with Crippen LogP contribution in [-0.2, 0) is 11.8 Å². The lowest BCUT2D eigenvalue weighted by molar-refractivity contribution is -0.138. The highest BCUT2D eigenvalue weighted by Crippen LogP contribution is 2.22. The van der Waals surface area contributed by atoms with Gasteiger partial charge in [0.1, 0.15) is 5.69 Å². The standard InChI is InChI=1S/C11H16N6O2/c1-3-4-8(7-10(18)19)17-11(12-14-15-17)9-5-6-16(2)13-9/h5-6,8H,3-4,7H2,1-2H3,(H,18,19). The maximum Gasteiger partial charge on any atom is 0.305 e. The molecule has 8 nitrogen and oxygen atoms in total. The van der Waals surface area contributed by atoms with Crippen LogP contribution in [0.5, 0.6) is 0 Å². The molecule has 0 radical (unpaired) electrons. The molecule has 0 aliphatic heterocycles. The van der Waals surface area contributed by atoms with Gasteiger partial charge in [-0.15, -0.1) is 5.10 Å². The molecule has 0 saturated carbocycles. The predicted octanol–water partition coefficient (Wildman–Crippen LogP) is 0.889. The SMILES string of the molecule is CCCC(CC(=O)O)n1nnnc1-c1ccn(C)n1. The second-order valence-corrected chi connectivity index (χ2v) is 4.36. The average molecular weight is 264 g/mol. The van der Waals surface area contributed by atoms with E-state index in [1.54, 1.807) is 28.7 Å². The van der Waals surface area contributed by atoms with E-state index in [1.807, 2.05) is 6.92 Å². The Labute approximate surface area is 110 Å². The number of aryl methyl sites for hydroxylation is 1. The molecular formula is C11H16N6O2. The fourth-order valence-corrected chi connectivity index (χ4v) is 1.99. The Kier molecular flexibility index (Phi) is 3.88. The molecule has 2 aromatic heterocycles. The molecule has 0 aliphatic rings. The first-order valence-corrected chi connectivity index (χ1v) is 6.11. The fraction of sp³-hybridized carbons (Fsp3) is 0.545. The van der Waals surface area contributed by atoms with E-state index in [-0.39, 0.29) is 12.5 Å². The Morgan fingerprint density at radius 2 is 2.32 bits per heavy atom. The van der Waals surface area contributed by atoms with Gasteiger partial charge in [-0.25, -0.2) is 4.68 Å². The van der Waals surface area contributed by atoms with Crippen LogP contribution in [0.3, 0.4) is 0 Å². The van der Waals surface area contributed by atoms with E-state index < -0.39 is 5.97 Å². The zero-order valence-electron chi connectivity index (χ0n) is 10.9. The number of hydrogen-bond donors (Lipinski definition) is 1. The van der Waals surface area contributed by atoms with Crippen molar-refractivity contribution in [2.24, 2.45) is 7.05 Å². The molecule has 8 heteroatoms. The number of rotatable bonds is 6. The largest absolute Gasteiger partial charge is 0.481 e. The molecular weight excluding hydrogens is 248 g/mol. The van der Waals surface area contributed by atoms with E-state index in [0.29, 0.717) is 17.9 Å². The summed E-state index contributed by atoms with van der Waals surface area (Å²) < 4.78 is 3.21. The van der Waals surface area contributed by atoms with Gasteiger partial charge in [0.2, 0.25) is 5.82 Å². The molecule has 0 aromatic carbocycles. The van der Waals surface area contributed by atoms with Gasteiger partial charge in [0.15, 0.2) is 0 Å². The number of tetrazole rings is 1. The van der Waals surface area contributed by atoms with Crippen LogP contribution < -0.4 is 0 Å². The fourth-order valence-electron chi connectivity index (χ4n) is 1.99. The Morgan fingerprint density at radius 3 is 2.89 bits per heavy atom. The minimum atomic E-state index is -0.860. The lowest BCUT2D eigenvalue weighted by atomic mass is 10.1. The van der Waals surface area contributed by atoms with E-state index in [1.165, 1.54) is 0 Å². The third kappa shape index (κ3) is 2.95. The van der Waals surface area contributed by atoms with Gasteiger partial charge in [0.05, 0.1) is 12.5 Å². The molecule has 0 saturated heterocycles. The van der Waals surface area contributed by atoms with E-state index in [9.17, 15) is 4.79 Å². The summed E-state index contributed by atoms with van der Waals surface area (Å²) in [6.07, 6.45) is 3.36. The zero-order valence-corrected chi connectivity index (χ0v) is 10.9. The van der Waals surface area contributed by atoms with Crippen LogP contribution in [0.2, 0.25) is 0 Å². The Morgan fingerprint density at radius 1 is 1.53 bits per heavy atom. The highest BCUT2D eigenvalue weighted by Gasteiger charge is 2.21. The Bertz CT molecular complexity index is 561. The summed E-state index contributed by atoms with van der Waals surface area (Å²) in [6, 6.07) is 1.54. The van der Waals surface area contributed by atoms with Crippen molar-refractivity contribution in [2.45, 2.75) is 32.2 Å². The molecule has 0 aliphatic carbocycles. The zero-order chi connectivity index (χ0) is 13.8. The van der Waals surface area contributed by atoms with Crippen molar-refractivity contribution >= 4 is 5.97 Å². The van der Waals surface area contributed by atoms with Crippen molar-refractivity contribution in [3.05, 3.63) is 12.3 Å². The van der Waals surface area contributed by atoms with Crippen LogP contribution in [-0.4, -0.2) is 41.1 Å². The molecule has 0 amide bonds. The molecule has 102 valence electrons. The lowest BCUT2D eigenvalue weighted by Gasteiger charge is -2.14. The van der Waals surface area contributed by atoms with Crippen LogP contribution in [0.1, 0.15) is 32.2 Å². The highest BCUT2D eigenvalue weighted by molar-refractivity contribution is 5.67. The maximum atomic E-state index is 10.9. The molecule has 19 heavy (non-hydrogen) atoms. The predicted molar refractivity (Wildman–Crippen MR) is 66.2 cm³/mol. The minimum Gasteiger partial charge on any atom is -0.481 e. The second kappa shape index (κ2) is 5.59. The van der Waals surface area contributed by atoms with Gasteiger partial charge in [-0.05, 0) is 22.9 Å². The summed E-state index contributed by atoms with van der Waals surface area (Å²) in [7, 11) is 1.80. The van der Waals surface area contributed by atoms with Crippen molar-refractivity contribution < 1.29 is 9.90 Å². The first kappa shape index (κ1) is 13.2. The molecule has 0 bridgehead atoms. The highest BCUT2D eigenvalue weighted by atomic mass is 16.4. The van der Waals surface area contributed by atoms with Crippen molar-refractivity contribution in [1.29, 1.82) is 0 Å². The molecule has 2 aromatic rings. The molecule has 2 heterocycles. The topological polar surface area (TPSA) is 98.7 Å². The number of carboxylic acid groups (broad SMARTS) is 1. The average Bonchev–Trinajstić information content (AvgIpc) is 2.95. The second-order valence-electron chi connectivity index (χ2n) is 4.36. The van der Waals surface area contributed by atoms with E-state index in [0.717, 1.165) is 6.42 Å². The van der Waals surface area contributed by atoms with Gasteiger partial charge >= 0.3 is 5.97 Å². The Hall–Kier alpha value is -2.25. The van der Waals surface area contributed by atoms with E-state index in [2.05, 4.69) is 20.6 Å². The summed E-state index contributed by atoms with van der Waals surface area (Å²) in [4.78, 5) is 10.9. The summed E-state index contributed by atoms with van der Waals surface area (Å²) >= 11 is 0. The monoisotopic (exact) mass is 264 g/mol. The summed E-state index contributed by atoms with van der Waals surface area (Å²) in [5.74, 6) is -0.360. The third-order valence-electron chi connectivity index (χ3n) is 2.81. The van der Waals surface area contributed by atoms with Crippen LogP contribution in [0.4, 0.5) is 0 Å². The number of carbonyl (C=O) groups is 1. The first-order chi connectivity index (χ1) is 9.11. The minimum absolute atomic E-state index is 0.00128. The molecule has 1 unspecified atom stereocenters. The van der Waals surface area contributed by atoms with Gasteiger partial charge in [-0.3, -0.25) is 9.48 Å². The van der Waals surface area contributed by atoms with E-state index >= 15 is 0 Å². The number of aromatic nitrogens is 6. The van der Waals surface area contributed by atoms with Gasteiger partial charge in [0, 0.05) is 13.2 Å². The maximum absolute atomic E-state index is 10.9. The van der Waals surface area contributed by atoms with Crippen LogP contribution in [0.15, 0.2) is 12.3 Å². The number of aliphatic carboxylic acids is 1. The Balaban J connectivity index is 2.33. The van der Waals surface area contributed by atoms with Crippen LogP contribution in [0.25, 0.3) is 11.5 Å². The quantitative estimate of drug-likeness (QED) is 0.831. The molecule has 0 spiro atoms. The van der Waals surface area contributed by atoms with Gasteiger partial charge < -0.3 is 5.11 Å². The molecule has 1 atom stereocenters.